The van der Waals surface area contributed by atoms with Gasteiger partial charge in [0, 0.05) is 31.0 Å². The van der Waals surface area contributed by atoms with Crippen LogP contribution in [0.15, 0.2) is 48.5 Å². The fourth-order valence-electron chi connectivity index (χ4n) is 4.78. The molecule has 180 valence electrons. The number of rotatable bonds is 6. The van der Waals surface area contributed by atoms with Crippen LogP contribution >= 0.6 is 11.6 Å². The van der Waals surface area contributed by atoms with Crippen molar-refractivity contribution < 1.29 is 23.9 Å². The monoisotopic (exact) mass is 485 g/mol. The summed E-state index contributed by atoms with van der Waals surface area (Å²) in [6, 6.07) is 12.9. The number of nitrogens with one attached hydrogen (secondary N) is 1. The number of benzene rings is 2. The molecule has 0 spiro atoms. The molecule has 2 aromatic carbocycles. The van der Waals surface area contributed by atoms with Gasteiger partial charge in [0.2, 0.25) is 11.8 Å². The van der Waals surface area contributed by atoms with E-state index in [0.717, 1.165) is 10.5 Å². The van der Waals surface area contributed by atoms with Crippen molar-refractivity contribution in [2.24, 2.45) is 5.92 Å². The second kappa shape index (κ2) is 10.1. The quantitative estimate of drug-likeness (QED) is 0.671. The number of methoxy groups -OCH3 is 2. The summed E-state index contributed by atoms with van der Waals surface area (Å²) in [5, 5.41) is 3.24. The maximum absolute atomic E-state index is 13.6. The summed E-state index contributed by atoms with van der Waals surface area (Å²) < 4.78 is 11.2. The van der Waals surface area contributed by atoms with Gasteiger partial charge in [0.05, 0.1) is 23.8 Å². The first kappa shape index (κ1) is 24.2. The van der Waals surface area contributed by atoms with E-state index >= 15 is 0 Å². The fourth-order valence-corrected chi connectivity index (χ4v) is 4.96. The van der Waals surface area contributed by atoms with E-state index in [9.17, 15) is 14.4 Å². The molecule has 1 heterocycles. The molecule has 9 heteroatoms. The molecule has 2 fully saturated rings. The summed E-state index contributed by atoms with van der Waals surface area (Å²) in [7, 11) is 3.16. The summed E-state index contributed by atoms with van der Waals surface area (Å²) in [5.41, 5.74) is 2.08. The van der Waals surface area contributed by atoms with Gasteiger partial charge >= 0.3 is 6.03 Å². The van der Waals surface area contributed by atoms with Crippen LogP contribution in [0.25, 0.3) is 0 Å². The third-order valence-corrected chi connectivity index (χ3v) is 6.77. The lowest BCUT2D eigenvalue weighted by molar-refractivity contribution is -0.139. The number of hydrogen-bond donors (Lipinski definition) is 1. The minimum atomic E-state index is -0.557. The van der Waals surface area contributed by atoms with Crippen molar-refractivity contribution in [2.75, 3.05) is 31.0 Å². The van der Waals surface area contributed by atoms with Crippen molar-refractivity contribution in [3.05, 3.63) is 59.1 Å². The number of ether oxygens (including phenoxy) is 2. The van der Waals surface area contributed by atoms with E-state index in [0.29, 0.717) is 29.2 Å². The second-order valence-corrected chi connectivity index (χ2v) is 9.11. The number of nitrogens with zero attached hydrogens (tertiary/aromatic N) is 2. The van der Waals surface area contributed by atoms with Gasteiger partial charge in [0.1, 0.15) is 6.54 Å². The number of urea groups is 1. The Morgan fingerprint density at radius 2 is 1.74 bits per heavy atom. The lowest BCUT2D eigenvalue weighted by Crippen LogP contribution is -2.66. The smallest absolute Gasteiger partial charge is 0.332 e. The van der Waals surface area contributed by atoms with Crippen molar-refractivity contribution in [1.29, 1.82) is 0 Å². The first-order valence-electron chi connectivity index (χ1n) is 11.1. The van der Waals surface area contributed by atoms with Crippen LogP contribution in [0.3, 0.4) is 0 Å². The van der Waals surface area contributed by atoms with E-state index in [4.69, 9.17) is 21.1 Å². The van der Waals surface area contributed by atoms with Crippen molar-refractivity contribution in [2.45, 2.75) is 38.0 Å². The predicted octanol–water partition coefficient (Wildman–Crippen LogP) is 3.86. The summed E-state index contributed by atoms with van der Waals surface area (Å²) in [4.78, 5) is 42.7. The molecule has 0 bridgehead atoms. The molecular weight excluding hydrogens is 458 g/mol. The first-order valence-corrected chi connectivity index (χ1v) is 11.5. The summed E-state index contributed by atoms with van der Waals surface area (Å²) >= 11 is 6.14. The van der Waals surface area contributed by atoms with E-state index in [1.807, 2.05) is 19.1 Å². The number of fused-ring (bicyclic) bond motifs is 1. The molecule has 4 unspecified atom stereocenters. The zero-order valence-electron chi connectivity index (χ0n) is 19.4. The van der Waals surface area contributed by atoms with Crippen molar-refractivity contribution in [3.8, 4) is 0 Å². The maximum Gasteiger partial charge on any atom is 0.332 e. The Bertz CT molecular complexity index is 1080. The number of halogens is 1. The molecule has 2 aliphatic rings. The Kier molecular flexibility index (Phi) is 7.21. The van der Waals surface area contributed by atoms with Crippen LogP contribution in [0.4, 0.5) is 16.2 Å². The Morgan fingerprint density at radius 3 is 2.38 bits per heavy atom. The normalized spacial score (nSPS) is 24.7. The van der Waals surface area contributed by atoms with Crippen LogP contribution in [0.2, 0.25) is 5.02 Å². The molecule has 2 aromatic rings. The molecule has 1 saturated carbocycles. The van der Waals surface area contributed by atoms with Crippen LogP contribution in [0.1, 0.15) is 18.4 Å². The lowest BCUT2D eigenvalue weighted by Gasteiger charge is -2.49. The molecular formula is C25H28ClN3O5. The fraction of sp³-hybridized carbons (Fsp3) is 0.400. The van der Waals surface area contributed by atoms with Gasteiger partial charge in [0.25, 0.3) is 0 Å². The predicted molar refractivity (Wildman–Crippen MR) is 129 cm³/mol. The number of carbonyl (C=O) groups is 3. The van der Waals surface area contributed by atoms with Crippen molar-refractivity contribution >= 4 is 40.8 Å². The molecule has 0 radical (unpaired) electrons. The van der Waals surface area contributed by atoms with Crippen LogP contribution in [0, 0.1) is 12.8 Å². The third-order valence-electron chi connectivity index (χ3n) is 6.54. The van der Waals surface area contributed by atoms with Gasteiger partial charge in [-0.15, -0.1) is 0 Å². The number of aryl methyl sites for hydroxylation is 1. The molecule has 4 rings (SSSR count). The van der Waals surface area contributed by atoms with Crippen LogP contribution in [-0.2, 0) is 19.1 Å². The van der Waals surface area contributed by atoms with Gasteiger partial charge < -0.3 is 19.7 Å². The number of anilines is 2. The summed E-state index contributed by atoms with van der Waals surface area (Å²) in [6.07, 6.45) is 0.164. The van der Waals surface area contributed by atoms with Crippen molar-refractivity contribution in [1.82, 2.24) is 4.90 Å². The molecule has 4 amide bonds. The number of carbonyl (C=O) groups excluding carboxylic acids is 3. The molecule has 1 saturated heterocycles. The standard InChI is InChI=1S/C25H28ClN3O5/c1-15-7-9-17(10-8-15)27-23(30)14-28-20-13-22(34-3)21(33-2)12-19(20)24(31)29(25(28)32)18-6-4-5-16(26)11-18/h4-11,19-22H,12-14H2,1-3H3,(H,27,30). The van der Waals surface area contributed by atoms with E-state index in [1.54, 1.807) is 50.6 Å². The Morgan fingerprint density at radius 1 is 1.06 bits per heavy atom. The molecule has 0 aromatic heterocycles. The highest BCUT2D eigenvalue weighted by Gasteiger charge is 2.52. The Labute approximate surface area is 203 Å². The van der Waals surface area contributed by atoms with Gasteiger partial charge in [-0.1, -0.05) is 35.4 Å². The van der Waals surface area contributed by atoms with Gasteiger partial charge in [-0.3, -0.25) is 9.59 Å². The highest BCUT2D eigenvalue weighted by Crippen LogP contribution is 2.38. The average Bonchev–Trinajstić information content (AvgIpc) is 2.82. The number of imide groups is 1. The Hall–Kier alpha value is -2.94. The van der Waals surface area contributed by atoms with Gasteiger partial charge in [-0.25, -0.2) is 9.69 Å². The zero-order valence-corrected chi connectivity index (χ0v) is 20.1. The van der Waals surface area contributed by atoms with Crippen LogP contribution in [-0.4, -0.2) is 61.8 Å². The van der Waals surface area contributed by atoms with Crippen LogP contribution < -0.4 is 10.2 Å². The highest BCUT2D eigenvalue weighted by molar-refractivity contribution is 6.31. The van der Waals surface area contributed by atoms with Crippen LogP contribution in [0.5, 0.6) is 0 Å². The second-order valence-electron chi connectivity index (χ2n) is 8.67. The third kappa shape index (κ3) is 4.80. The number of amides is 4. The average molecular weight is 486 g/mol. The Balaban J connectivity index is 1.65. The largest absolute Gasteiger partial charge is 0.379 e. The molecule has 1 aliphatic carbocycles. The van der Waals surface area contributed by atoms with Gasteiger partial charge in [-0.05, 0) is 50.1 Å². The molecule has 8 nitrogen and oxygen atoms in total. The molecule has 4 atom stereocenters. The van der Waals surface area contributed by atoms with E-state index in [2.05, 4.69) is 5.32 Å². The lowest BCUT2D eigenvalue weighted by atomic mass is 9.78. The highest BCUT2D eigenvalue weighted by atomic mass is 35.5. The van der Waals surface area contributed by atoms with E-state index in [1.165, 1.54) is 4.90 Å². The minimum absolute atomic E-state index is 0.202. The molecule has 34 heavy (non-hydrogen) atoms. The zero-order chi connectivity index (χ0) is 24.4. The summed E-state index contributed by atoms with van der Waals surface area (Å²) in [6.45, 7) is 1.76. The maximum atomic E-state index is 13.6. The van der Waals surface area contributed by atoms with Gasteiger partial charge in [-0.2, -0.15) is 0 Å². The minimum Gasteiger partial charge on any atom is -0.379 e. The topological polar surface area (TPSA) is 88.2 Å². The van der Waals surface area contributed by atoms with E-state index in [-0.39, 0.29) is 30.6 Å². The molecule has 1 N–H and O–H groups in total. The van der Waals surface area contributed by atoms with Gasteiger partial charge in [0.15, 0.2) is 0 Å². The number of hydrogen-bond acceptors (Lipinski definition) is 5. The first-order chi connectivity index (χ1) is 16.3. The van der Waals surface area contributed by atoms with Crippen molar-refractivity contribution in [3.63, 3.8) is 0 Å². The molecule has 1 aliphatic heterocycles. The summed E-state index contributed by atoms with van der Waals surface area (Å²) in [5.74, 6) is -1.22. The SMILES string of the molecule is COC1CC2C(=O)N(c3cccc(Cl)c3)C(=O)N(CC(=O)Nc3ccc(C)cc3)C2CC1OC. The van der Waals surface area contributed by atoms with E-state index < -0.39 is 18.0 Å².